The zero-order valence-electron chi connectivity index (χ0n) is 33.6. The monoisotopic (exact) mass is 920 g/mol. The third-order valence-electron chi connectivity index (χ3n) is 9.91. The Morgan fingerprint density at radius 1 is 0.581 bits per heavy atom. The SMILES string of the molecule is C[C@@H](CN1C(C(=O)O)CSC1c1ccc(OC(=O)OCc2ccccc2)cc1)C(=O)SSC(=O)[C@@H](C)CN1C(C(=O)O)CSC1c1ccc(OC(=O)OCc2ccccc2)cc1. The molecule has 18 heteroatoms. The molecular weight excluding hydrogens is 877 g/mol. The van der Waals surface area contributed by atoms with Crippen LogP contribution in [0.3, 0.4) is 0 Å². The lowest BCUT2D eigenvalue weighted by molar-refractivity contribution is -0.143. The smallest absolute Gasteiger partial charge is 0.480 e. The number of nitrogens with zero attached hydrogens (tertiary/aromatic N) is 2. The van der Waals surface area contributed by atoms with Crippen molar-refractivity contribution in [3.8, 4) is 11.5 Å². The average Bonchev–Trinajstić information content (AvgIpc) is 3.90. The highest BCUT2D eigenvalue weighted by Gasteiger charge is 2.42. The number of hydrogen-bond acceptors (Lipinski definition) is 16. The summed E-state index contributed by atoms with van der Waals surface area (Å²) in [6.45, 7) is 3.71. The first kappa shape index (κ1) is 46.5. The van der Waals surface area contributed by atoms with Gasteiger partial charge in [0.2, 0.25) is 10.2 Å². The molecule has 62 heavy (non-hydrogen) atoms. The van der Waals surface area contributed by atoms with E-state index in [1.54, 1.807) is 72.2 Å². The van der Waals surface area contributed by atoms with Gasteiger partial charge in [0.1, 0.15) is 36.8 Å². The Morgan fingerprint density at radius 3 is 1.27 bits per heavy atom. The molecule has 0 amide bonds. The number of hydrogen-bond donors (Lipinski definition) is 2. The van der Waals surface area contributed by atoms with E-state index in [4.69, 9.17) is 18.9 Å². The number of carboxylic acids is 2. The minimum absolute atomic E-state index is 0.0565. The minimum atomic E-state index is -1.02. The molecule has 2 aliphatic rings. The summed E-state index contributed by atoms with van der Waals surface area (Å²) in [6, 6.07) is 30.0. The van der Waals surface area contributed by atoms with E-state index in [-0.39, 0.29) is 59.5 Å². The van der Waals surface area contributed by atoms with Crippen molar-refractivity contribution in [3.05, 3.63) is 131 Å². The Balaban J connectivity index is 0.995. The largest absolute Gasteiger partial charge is 0.514 e. The Morgan fingerprint density at radius 2 is 0.935 bits per heavy atom. The summed E-state index contributed by atoms with van der Waals surface area (Å²) in [6.07, 6.45) is -1.72. The van der Waals surface area contributed by atoms with Gasteiger partial charge in [-0.05, 0) is 68.1 Å². The van der Waals surface area contributed by atoms with Crippen LogP contribution in [0.4, 0.5) is 9.59 Å². The Kier molecular flexibility index (Phi) is 16.8. The molecule has 2 aliphatic heterocycles. The highest BCUT2D eigenvalue weighted by Crippen LogP contribution is 2.44. The third-order valence-corrected chi connectivity index (χ3v) is 15.1. The summed E-state index contributed by atoms with van der Waals surface area (Å²) in [5.41, 5.74) is 3.15. The van der Waals surface area contributed by atoms with Gasteiger partial charge in [-0.15, -0.1) is 23.5 Å². The molecule has 2 saturated heterocycles. The van der Waals surface area contributed by atoms with Gasteiger partial charge in [-0.25, -0.2) is 9.59 Å². The molecule has 4 aromatic rings. The zero-order chi connectivity index (χ0) is 44.2. The van der Waals surface area contributed by atoms with Crippen LogP contribution in [0.25, 0.3) is 0 Å². The summed E-state index contributed by atoms with van der Waals surface area (Å²) < 4.78 is 21.0. The predicted molar refractivity (Wildman–Crippen MR) is 238 cm³/mol. The topological polar surface area (TPSA) is 186 Å². The molecular formula is C44H44N2O12S4. The Labute approximate surface area is 374 Å². The first-order chi connectivity index (χ1) is 29.9. The molecule has 2 fully saturated rings. The normalized spacial score (nSPS) is 19.8. The van der Waals surface area contributed by atoms with Gasteiger partial charge < -0.3 is 29.2 Å². The summed E-state index contributed by atoms with van der Waals surface area (Å²) in [5, 5.41) is 18.7. The van der Waals surface area contributed by atoms with Crippen LogP contribution in [0.5, 0.6) is 11.5 Å². The number of benzene rings is 4. The fourth-order valence-corrected chi connectivity index (χ4v) is 11.7. The second-order valence-electron chi connectivity index (χ2n) is 14.5. The third kappa shape index (κ3) is 12.8. The molecule has 326 valence electrons. The quantitative estimate of drug-likeness (QED) is 0.0618. The molecule has 6 rings (SSSR count). The zero-order valence-corrected chi connectivity index (χ0v) is 36.9. The van der Waals surface area contributed by atoms with E-state index in [0.717, 1.165) is 43.8 Å². The number of carbonyl (C=O) groups excluding carboxylic acids is 4. The Hall–Kier alpha value is -4.98. The molecule has 0 aromatic heterocycles. The van der Waals surface area contributed by atoms with Crippen LogP contribution < -0.4 is 9.47 Å². The first-order valence-electron chi connectivity index (χ1n) is 19.5. The number of carboxylic acid groups (broad SMARTS) is 2. The summed E-state index contributed by atoms with van der Waals surface area (Å²) in [5.74, 6) is -2.24. The van der Waals surface area contributed by atoms with Crippen LogP contribution in [-0.4, -0.2) is 91.2 Å². The molecule has 0 spiro atoms. The van der Waals surface area contributed by atoms with Gasteiger partial charge in [0.05, 0.1) is 10.7 Å². The number of carbonyl (C=O) groups is 6. The van der Waals surface area contributed by atoms with Gasteiger partial charge in [0, 0.05) is 36.4 Å². The van der Waals surface area contributed by atoms with Gasteiger partial charge in [-0.1, -0.05) is 98.8 Å². The maximum atomic E-state index is 13.4. The van der Waals surface area contributed by atoms with Crippen LogP contribution in [0.1, 0.15) is 46.8 Å². The minimum Gasteiger partial charge on any atom is -0.480 e. The summed E-state index contributed by atoms with van der Waals surface area (Å²) >= 11 is 2.85. The van der Waals surface area contributed by atoms with Crippen LogP contribution in [0.2, 0.25) is 0 Å². The lowest BCUT2D eigenvalue weighted by Crippen LogP contribution is -2.42. The maximum Gasteiger partial charge on any atom is 0.514 e. The van der Waals surface area contributed by atoms with E-state index in [1.807, 2.05) is 60.7 Å². The maximum absolute atomic E-state index is 13.4. The first-order valence-corrected chi connectivity index (χ1v) is 23.7. The van der Waals surface area contributed by atoms with E-state index < -0.39 is 58.9 Å². The molecule has 2 N–H and O–H groups in total. The standard InChI is InChI=1S/C44H44N2O12S4/c1-27(21-45-35(39(47)48)25-59-37(45)31-13-17-33(18-14-31)57-43(53)55-23-29-9-5-3-6-10-29)41(51)61-62-42(52)28(2)22-46-36(40(49)50)26-60-38(46)32-15-19-34(20-16-32)58-44(54)56-24-30-11-7-4-8-12-30/h3-20,27-28,35-38H,21-26H2,1-2H3,(H,47,48)(H,49,50)/t27-,28-,35?,36?,37?,38?/m0/s1. The summed E-state index contributed by atoms with van der Waals surface area (Å²) in [7, 11) is 1.57. The van der Waals surface area contributed by atoms with Gasteiger partial charge >= 0.3 is 24.2 Å². The summed E-state index contributed by atoms with van der Waals surface area (Å²) in [4.78, 5) is 79.4. The van der Waals surface area contributed by atoms with E-state index in [1.165, 1.54) is 23.5 Å². The molecule has 14 nitrogen and oxygen atoms in total. The lowest BCUT2D eigenvalue weighted by Gasteiger charge is -2.30. The van der Waals surface area contributed by atoms with Crippen molar-refractivity contribution in [2.75, 3.05) is 24.6 Å². The predicted octanol–water partition coefficient (Wildman–Crippen LogP) is 8.53. The van der Waals surface area contributed by atoms with Crippen LogP contribution in [-0.2, 0) is 41.9 Å². The lowest BCUT2D eigenvalue weighted by atomic mass is 10.1. The number of ether oxygens (including phenoxy) is 4. The fourth-order valence-electron chi connectivity index (χ4n) is 6.64. The number of aliphatic carboxylic acids is 2. The average molecular weight is 921 g/mol. The van der Waals surface area contributed by atoms with E-state index >= 15 is 0 Å². The van der Waals surface area contributed by atoms with Crippen LogP contribution >= 0.6 is 45.1 Å². The van der Waals surface area contributed by atoms with Crippen molar-refractivity contribution < 1.29 is 57.9 Å². The molecule has 0 radical (unpaired) electrons. The van der Waals surface area contributed by atoms with Crippen LogP contribution in [0, 0.1) is 11.8 Å². The van der Waals surface area contributed by atoms with Gasteiger partial charge in [-0.3, -0.25) is 29.0 Å². The fraction of sp³-hybridized carbons (Fsp3) is 0.318. The van der Waals surface area contributed by atoms with Crippen molar-refractivity contribution in [3.63, 3.8) is 0 Å². The van der Waals surface area contributed by atoms with Crippen molar-refractivity contribution in [1.29, 1.82) is 0 Å². The number of rotatable bonds is 16. The van der Waals surface area contributed by atoms with Gasteiger partial charge in [0.25, 0.3) is 0 Å². The second-order valence-corrected chi connectivity index (χ2v) is 18.8. The Bertz CT molecular complexity index is 2030. The highest BCUT2D eigenvalue weighted by atomic mass is 33.1. The van der Waals surface area contributed by atoms with Crippen LogP contribution in [0.15, 0.2) is 109 Å². The molecule has 4 aromatic carbocycles. The van der Waals surface area contributed by atoms with E-state index in [2.05, 4.69) is 0 Å². The molecule has 2 heterocycles. The van der Waals surface area contributed by atoms with E-state index in [9.17, 15) is 39.0 Å². The molecule has 0 saturated carbocycles. The van der Waals surface area contributed by atoms with Gasteiger partial charge in [-0.2, -0.15) is 0 Å². The molecule has 0 aliphatic carbocycles. The van der Waals surface area contributed by atoms with E-state index in [0.29, 0.717) is 0 Å². The second kappa shape index (κ2) is 22.4. The van der Waals surface area contributed by atoms with Crippen molar-refractivity contribution >= 4 is 79.6 Å². The molecule has 4 unspecified atom stereocenters. The molecule has 0 bridgehead atoms. The van der Waals surface area contributed by atoms with Gasteiger partial charge in [0.15, 0.2) is 0 Å². The van der Waals surface area contributed by atoms with Crippen molar-refractivity contribution in [2.24, 2.45) is 11.8 Å². The van der Waals surface area contributed by atoms with Crippen molar-refractivity contribution in [1.82, 2.24) is 9.80 Å². The van der Waals surface area contributed by atoms with Crippen molar-refractivity contribution in [2.45, 2.75) is 49.9 Å². The highest BCUT2D eigenvalue weighted by molar-refractivity contribution is 8.87. The number of thioether (sulfide) groups is 2. The molecule has 6 atom stereocenters.